The van der Waals surface area contributed by atoms with Crippen molar-refractivity contribution in [3.63, 3.8) is 0 Å². The van der Waals surface area contributed by atoms with E-state index in [-0.39, 0.29) is 11.4 Å². The number of carbonyl (C=O) groups excluding carboxylic acids is 1. The fourth-order valence-corrected chi connectivity index (χ4v) is 4.00. The van der Waals surface area contributed by atoms with E-state index in [1.807, 2.05) is 13.0 Å². The highest BCUT2D eigenvalue weighted by Gasteiger charge is 2.20. The van der Waals surface area contributed by atoms with E-state index in [9.17, 15) is 4.79 Å². The van der Waals surface area contributed by atoms with Crippen molar-refractivity contribution in [2.75, 3.05) is 36.9 Å². The molecular weight excluding hydrogens is 382 g/mol. The molecule has 0 radical (unpaired) electrons. The molecular formula is C21H21N7O2. The van der Waals surface area contributed by atoms with Gasteiger partial charge in [0.05, 0.1) is 30.6 Å². The summed E-state index contributed by atoms with van der Waals surface area (Å²) in [4.78, 5) is 14.0. The number of anilines is 2. The number of nitrogens with two attached hydrogens (primary N) is 2. The molecule has 1 aliphatic rings. The maximum Gasteiger partial charge on any atom is 0.271 e. The normalized spacial score (nSPS) is 14.5. The summed E-state index contributed by atoms with van der Waals surface area (Å²) in [5.74, 6) is -0.699. The molecule has 1 amide bonds. The maximum atomic E-state index is 11.8. The molecule has 2 aromatic carbocycles. The topological polar surface area (TPSA) is 136 Å². The monoisotopic (exact) mass is 403 g/mol. The van der Waals surface area contributed by atoms with Crippen LogP contribution in [-0.2, 0) is 4.74 Å². The number of rotatable bonds is 3. The molecule has 5 N–H and O–H groups in total. The summed E-state index contributed by atoms with van der Waals surface area (Å²) >= 11 is 0. The number of aromatic amines is 1. The highest BCUT2D eigenvalue weighted by atomic mass is 16.5. The predicted octanol–water partition coefficient (Wildman–Crippen LogP) is 2.00. The van der Waals surface area contributed by atoms with Crippen molar-refractivity contribution in [1.82, 2.24) is 20.4 Å². The van der Waals surface area contributed by atoms with E-state index in [4.69, 9.17) is 16.2 Å². The van der Waals surface area contributed by atoms with Crippen LogP contribution in [0.2, 0.25) is 0 Å². The molecule has 152 valence electrons. The second-order valence-corrected chi connectivity index (χ2v) is 7.44. The number of primary amides is 1. The molecule has 9 nitrogen and oxygen atoms in total. The first-order chi connectivity index (χ1) is 14.5. The van der Waals surface area contributed by atoms with Gasteiger partial charge >= 0.3 is 0 Å². The quantitative estimate of drug-likeness (QED) is 0.476. The predicted molar refractivity (Wildman–Crippen MR) is 115 cm³/mol. The molecule has 0 unspecified atom stereocenters. The molecule has 2 aromatic heterocycles. The number of fused-ring (bicyclic) bond motifs is 2. The summed E-state index contributed by atoms with van der Waals surface area (Å²) in [5, 5.41) is 17.2. The van der Waals surface area contributed by atoms with Crippen LogP contribution < -0.4 is 16.4 Å². The highest BCUT2D eigenvalue weighted by molar-refractivity contribution is 6.09. The van der Waals surface area contributed by atoms with Crippen molar-refractivity contribution >= 4 is 39.1 Å². The van der Waals surface area contributed by atoms with Gasteiger partial charge < -0.3 is 21.1 Å². The Morgan fingerprint density at radius 2 is 1.93 bits per heavy atom. The number of aromatic nitrogens is 4. The van der Waals surface area contributed by atoms with Gasteiger partial charge in [0.25, 0.3) is 5.91 Å². The number of nitrogens with one attached hydrogen (secondary N) is 1. The van der Waals surface area contributed by atoms with E-state index in [0.29, 0.717) is 24.1 Å². The van der Waals surface area contributed by atoms with Crippen LogP contribution >= 0.6 is 0 Å². The molecule has 0 bridgehead atoms. The van der Waals surface area contributed by atoms with Crippen molar-refractivity contribution in [3.05, 3.63) is 41.7 Å². The number of nitrogens with zero attached hydrogens (tertiary/aromatic N) is 4. The molecule has 3 heterocycles. The van der Waals surface area contributed by atoms with E-state index >= 15 is 0 Å². The molecule has 5 rings (SSSR count). The van der Waals surface area contributed by atoms with Crippen molar-refractivity contribution in [3.8, 4) is 11.1 Å². The Balaban J connectivity index is 1.81. The molecule has 0 spiro atoms. The first-order valence-corrected chi connectivity index (χ1v) is 9.69. The highest BCUT2D eigenvalue weighted by Crippen LogP contribution is 2.38. The average molecular weight is 403 g/mol. The summed E-state index contributed by atoms with van der Waals surface area (Å²) in [6.45, 7) is 4.89. The first-order valence-electron chi connectivity index (χ1n) is 9.69. The van der Waals surface area contributed by atoms with Crippen LogP contribution in [0.1, 0.15) is 16.1 Å². The minimum atomic E-state index is -0.699. The zero-order valence-corrected chi connectivity index (χ0v) is 16.5. The summed E-state index contributed by atoms with van der Waals surface area (Å²) < 4.78 is 5.50. The van der Waals surface area contributed by atoms with Crippen LogP contribution in [-0.4, -0.2) is 52.6 Å². The van der Waals surface area contributed by atoms with Gasteiger partial charge in [-0.2, -0.15) is 5.10 Å². The lowest BCUT2D eigenvalue weighted by atomic mass is 9.95. The first kappa shape index (κ1) is 18.3. The number of benzene rings is 2. The molecule has 30 heavy (non-hydrogen) atoms. The number of nitrogen functional groups attached to an aromatic ring is 1. The lowest BCUT2D eigenvalue weighted by molar-refractivity contribution is 0.0995. The van der Waals surface area contributed by atoms with Crippen molar-refractivity contribution in [1.29, 1.82) is 0 Å². The Labute approximate surface area is 172 Å². The number of hydrogen-bond donors (Lipinski definition) is 3. The fourth-order valence-electron chi connectivity index (χ4n) is 4.00. The summed E-state index contributed by atoms with van der Waals surface area (Å²) in [7, 11) is 0. The second kappa shape index (κ2) is 6.96. The molecule has 9 heteroatoms. The van der Waals surface area contributed by atoms with Crippen LogP contribution in [0, 0.1) is 6.92 Å². The number of hydrogen-bond acceptors (Lipinski definition) is 7. The van der Waals surface area contributed by atoms with Gasteiger partial charge in [-0.25, -0.2) is 0 Å². The van der Waals surface area contributed by atoms with Crippen LogP contribution in [0.4, 0.5) is 11.4 Å². The van der Waals surface area contributed by atoms with Crippen molar-refractivity contribution in [2.24, 2.45) is 5.73 Å². The van der Waals surface area contributed by atoms with Crippen LogP contribution in [0.5, 0.6) is 0 Å². The lowest BCUT2D eigenvalue weighted by Gasteiger charge is -2.29. The molecule has 0 aliphatic carbocycles. The Kier molecular flexibility index (Phi) is 4.25. The number of H-pyrrole nitrogens is 1. The molecule has 1 fully saturated rings. The third-order valence-electron chi connectivity index (χ3n) is 5.57. The van der Waals surface area contributed by atoms with Gasteiger partial charge in [-0.15, -0.1) is 10.2 Å². The molecule has 4 aromatic rings. The number of ether oxygens (including phenoxy) is 1. The van der Waals surface area contributed by atoms with E-state index in [1.165, 1.54) is 0 Å². The van der Waals surface area contributed by atoms with Gasteiger partial charge in [0.2, 0.25) is 0 Å². The van der Waals surface area contributed by atoms with E-state index < -0.39 is 5.91 Å². The van der Waals surface area contributed by atoms with E-state index in [2.05, 4.69) is 43.5 Å². The zero-order valence-electron chi connectivity index (χ0n) is 16.5. The van der Waals surface area contributed by atoms with Crippen LogP contribution in [0.25, 0.3) is 32.9 Å². The third kappa shape index (κ3) is 2.91. The molecule has 0 atom stereocenters. The number of aryl methyl sites for hydroxylation is 1. The van der Waals surface area contributed by atoms with Crippen molar-refractivity contribution < 1.29 is 9.53 Å². The lowest BCUT2D eigenvalue weighted by Crippen LogP contribution is -2.36. The SMILES string of the molecule is Cc1cc2cn[nH]c2cc1-c1cc(N2CCOCC2)cc2c(N)c(C(N)=O)nnc12. The van der Waals surface area contributed by atoms with Crippen LogP contribution in [0.3, 0.4) is 0 Å². The Morgan fingerprint density at radius 1 is 1.13 bits per heavy atom. The maximum absolute atomic E-state index is 11.8. The Bertz CT molecular complexity index is 1290. The smallest absolute Gasteiger partial charge is 0.271 e. The summed E-state index contributed by atoms with van der Waals surface area (Å²) in [5.41, 5.74) is 17.5. The second-order valence-electron chi connectivity index (χ2n) is 7.44. The summed E-state index contributed by atoms with van der Waals surface area (Å²) in [6, 6.07) is 8.17. The molecule has 0 saturated carbocycles. The minimum Gasteiger partial charge on any atom is -0.396 e. The van der Waals surface area contributed by atoms with Gasteiger partial charge in [-0.05, 0) is 42.3 Å². The molecule has 1 saturated heterocycles. The van der Waals surface area contributed by atoms with E-state index in [0.717, 1.165) is 46.4 Å². The van der Waals surface area contributed by atoms with Gasteiger partial charge in [0, 0.05) is 35.1 Å². The number of amides is 1. The largest absolute Gasteiger partial charge is 0.396 e. The molecule has 1 aliphatic heterocycles. The van der Waals surface area contributed by atoms with E-state index in [1.54, 1.807) is 6.20 Å². The van der Waals surface area contributed by atoms with Gasteiger partial charge in [0.1, 0.15) is 5.52 Å². The van der Waals surface area contributed by atoms with Gasteiger partial charge in [-0.1, -0.05) is 0 Å². The fraction of sp³-hybridized carbons (Fsp3) is 0.238. The third-order valence-corrected chi connectivity index (χ3v) is 5.57. The number of carbonyl (C=O) groups is 1. The van der Waals surface area contributed by atoms with Gasteiger partial charge in [-0.3, -0.25) is 9.89 Å². The number of morpholine rings is 1. The van der Waals surface area contributed by atoms with Gasteiger partial charge in [0.15, 0.2) is 5.69 Å². The standard InChI is InChI=1S/C21H21N7O2/c1-11-6-12-10-24-25-17(12)9-14(11)15-7-13(28-2-4-30-5-3-28)8-16-18(22)20(21(23)29)27-26-19(15)16/h6-10H,2-5H2,1H3,(H2,22,26)(H2,23,29)(H,24,25). The minimum absolute atomic E-state index is 0.0201. The van der Waals surface area contributed by atoms with Crippen molar-refractivity contribution in [2.45, 2.75) is 6.92 Å². The summed E-state index contributed by atoms with van der Waals surface area (Å²) in [6.07, 6.45) is 1.80. The Morgan fingerprint density at radius 3 is 2.70 bits per heavy atom. The zero-order chi connectivity index (χ0) is 20.8. The van der Waals surface area contributed by atoms with Crippen LogP contribution in [0.15, 0.2) is 30.5 Å². The average Bonchev–Trinajstić information content (AvgIpc) is 3.20. The Hall–Kier alpha value is -3.72.